The molecule has 0 saturated heterocycles. The number of nitrogens with zero attached hydrogens (tertiary/aromatic N) is 2. The summed E-state index contributed by atoms with van der Waals surface area (Å²) < 4.78 is 0. The Morgan fingerprint density at radius 2 is 2.00 bits per heavy atom. The van der Waals surface area contributed by atoms with E-state index in [-0.39, 0.29) is 29.4 Å². The van der Waals surface area contributed by atoms with Crippen LogP contribution < -0.4 is 11.1 Å². The normalized spacial score (nSPS) is 16.5. The SMILES string of the molecule is I.NC(=NCC1(c2cccc(Cl)c2)CCCC1)Nc1ccccn1. The molecule has 0 radical (unpaired) electrons. The minimum atomic E-state index is 0. The summed E-state index contributed by atoms with van der Waals surface area (Å²) in [6.07, 6.45) is 6.40. The van der Waals surface area contributed by atoms with Crippen LogP contribution in [0.3, 0.4) is 0 Å². The molecular formula is C18H22ClIN4. The molecule has 128 valence electrons. The number of nitrogens with two attached hydrogens (primary N) is 1. The number of halogens is 2. The van der Waals surface area contributed by atoms with Crippen molar-refractivity contribution < 1.29 is 0 Å². The van der Waals surface area contributed by atoms with Crippen molar-refractivity contribution in [2.75, 3.05) is 11.9 Å². The first kappa shape index (κ1) is 19.0. The average Bonchev–Trinajstić information content (AvgIpc) is 3.04. The van der Waals surface area contributed by atoms with Gasteiger partial charge in [0.25, 0.3) is 0 Å². The van der Waals surface area contributed by atoms with E-state index in [1.54, 1.807) is 6.20 Å². The molecule has 1 heterocycles. The highest BCUT2D eigenvalue weighted by Crippen LogP contribution is 2.42. The predicted octanol–water partition coefficient (Wildman–Crippen LogP) is 4.59. The fourth-order valence-corrected chi connectivity index (χ4v) is 3.44. The van der Waals surface area contributed by atoms with E-state index in [0.29, 0.717) is 18.3 Å². The number of nitrogens with one attached hydrogen (secondary N) is 1. The van der Waals surface area contributed by atoms with Crippen LogP contribution in [0.1, 0.15) is 31.2 Å². The number of aromatic nitrogens is 1. The second kappa shape index (κ2) is 8.67. The molecule has 6 heteroatoms. The van der Waals surface area contributed by atoms with Gasteiger partial charge in [0.1, 0.15) is 5.82 Å². The van der Waals surface area contributed by atoms with E-state index in [2.05, 4.69) is 27.4 Å². The van der Waals surface area contributed by atoms with Gasteiger partial charge in [-0.25, -0.2) is 4.98 Å². The zero-order chi connectivity index (χ0) is 16.1. The monoisotopic (exact) mass is 456 g/mol. The Balaban J connectivity index is 0.00000208. The maximum absolute atomic E-state index is 6.17. The zero-order valence-corrected chi connectivity index (χ0v) is 16.5. The van der Waals surface area contributed by atoms with Gasteiger partial charge in [-0.1, -0.05) is 42.6 Å². The second-order valence-corrected chi connectivity index (χ2v) is 6.48. The highest BCUT2D eigenvalue weighted by atomic mass is 127. The Kier molecular flexibility index (Phi) is 6.86. The first-order chi connectivity index (χ1) is 11.2. The van der Waals surface area contributed by atoms with Crippen molar-refractivity contribution in [1.29, 1.82) is 0 Å². The van der Waals surface area contributed by atoms with E-state index in [9.17, 15) is 0 Å². The van der Waals surface area contributed by atoms with Gasteiger partial charge in [-0.2, -0.15) is 0 Å². The van der Waals surface area contributed by atoms with Crippen molar-refractivity contribution in [1.82, 2.24) is 4.98 Å². The molecule has 1 aliphatic carbocycles. The molecule has 0 amide bonds. The van der Waals surface area contributed by atoms with E-state index < -0.39 is 0 Å². The van der Waals surface area contributed by atoms with E-state index >= 15 is 0 Å². The van der Waals surface area contributed by atoms with Gasteiger partial charge < -0.3 is 11.1 Å². The molecule has 0 aliphatic heterocycles. The molecule has 1 saturated carbocycles. The molecule has 0 spiro atoms. The molecular weight excluding hydrogens is 435 g/mol. The minimum absolute atomic E-state index is 0. The Morgan fingerprint density at radius 1 is 1.21 bits per heavy atom. The van der Waals surface area contributed by atoms with E-state index in [4.69, 9.17) is 17.3 Å². The second-order valence-electron chi connectivity index (χ2n) is 6.04. The maximum Gasteiger partial charge on any atom is 0.194 e. The third-order valence-corrected chi connectivity index (χ3v) is 4.71. The lowest BCUT2D eigenvalue weighted by Gasteiger charge is -2.28. The Bertz CT molecular complexity index is 684. The number of hydrogen-bond acceptors (Lipinski definition) is 2. The summed E-state index contributed by atoms with van der Waals surface area (Å²) in [7, 11) is 0. The van der Waals surface area contributed by atoms with Crippen molar-refractivity contribution in [2.24, 2.45) is 10.7 Å². The van der Waals surface area contributed by atoms with Crippen LogP contribution in [0.15, 0.2) is 53.7 Å². The zero-order valence-electron chi connectivity index (χ0n) is 13.4. The maximum atomic E-state index is 6.17. The molecule has 2 aromatic rings. The molecule has 0 bridgehead atoms. The number of hydrogen-bond donors (Lipinski definition) is 2. The molecule has 1 aliphatic rings. The van der Waals surface area contributed by atoms with Gasteiger partial charge in [-0.05, 0) is 42.7 Å². The highest BCUT2D eigenvalue weighted by Gasteiger charge is 2.35. The van der Waals surface area contributed by atoms with E-state index in [1.165, 1.54) is 18.4 Å². The van der Waals surface area contributed by atoms with E-state index in [1.807, 2.05) is 30.3 Å². The van der Waals surface area contributed by atoms with Crippen molar-refractivity contribution in [3.63, 3.8) is 0 Å². The lowest BCUT2D eigenvalue weighted by atomic mass is 9.79. The molecule has 3 rings (SSSR count). The van der Waals surface area contributed by atoms with Crippen LogP contribution in [0, 0.1) is 0 Å². The molecule has 1 aromatic heterocycles. The van der Waals surface area contributed by atoms with Gasteiger partial charge in [-0.15, -0.1) is 24.0 Å². The van der Waals surface area contributed by atoms with Gasteiger partial charge in [0, 0.05) is 16.6 Å². The van der Waals surface area contributed by atoms with Gasteiger partial charge >= 0.3 is 0 Å². The van der Waals surface area contributed by atoms with Crippen molar-refractivity contribution in [3.8, 4) is 0 Å². The molecule has 1 fully saturated rings. The number of guanidine groups is 1. The first-order valence-electron chi connectivity index (χ1n) is 7.92. The molecule has 0 atom stereocenters. The average molecular weight is 457 g/mol. The number of pyridine rings is 1. The van der Waals surface area contributed by atoms with Crippen LogP contribution in [0.5, 0.6) is 0 Å². The molecule has 24 heavy (non-hydrogen) atoms. The number of benzene rings is 1. The summed E-state index contributed by atoms with van der Waals surface area (Å²) in [5, 5.41) is 3.81. The smallest absolute Gasteiger partial charge is 0.194 e. The third-order valence-electron chi connectivity index (χ3n) is 4.47. The van der Waals surface area contributed by atoms with Crippen LogP contribution >= 0.6 is 35.6 Å². The Hall–Kier alpha value is -1.34. The lowest BCUT2D eigenvalue weighted by Crippen LogP contribution is -2.30. The summed E-state index contributed by atoms with van der Waals surface area (Å²) in [5.41, 5.74) is 7.33. The summed E-state index contributed by atoms with van der Waals surface area (Å²) in [4.78, 5) is 8.78. The van der Waals surface area contributed by atoms with Crippen LogP contribution in [-0.4, -0.2) is 17.5 Å². The fourth-order valence-electron chi connectivity index (χ4n) is 3.25. The van der Waals surface area contributed by atoms with Crippen LogP contribution in [-0.2, 0) is 5.41 Å². The standard InChI is InChI=1S/C18H21ClN4.HI/c19-15-7-5-6-14(12-15)18(9-2-3-10-18)13-22-17(20)23-16-8-1-4-11-21-16;/h1,4-8,11-12H,2-3,9-10,13H2,(H3,20,21,22,23);1H. The largest absolute Gasteiger partial charge is 0.370 e. The lowest BCUT2D eigenvalue weighted by molar-refractivity contribution is 0.454. The van der Waals surface area contributed by atoms with E-state index in [0.717, 1.165) is 17.9 Å². The quantitative estimate of drug-likeness (QED) is 0.402. The molecule has 0 unspecified atom stereocenters. The summed E-state index contributed by atoms with van der Waals surface area (Å²) >= 11 is 6.17. The van der Waals surface area contributed by atoms with Crippen LogP contribution in [0.25, 0.3) is 0 Å². The first-order valence-corrected chi connectivity index (χ1v) is 8.30. The van der Waals surface area contributed by atoms with Crippen molar-refractivity contribution >= 4 is 47.4 Å². The van der Waals surface area contributed by atoms with Gasteiger partial charge in [0.15, 0.2) is 5.96 Å². The Labute approximate surface area is 164 Å². The van der Waals surface area contributed by atoms with Crippen molar-refractivity contribution in [2.45, 2.75) is 31.1 Å². The third kappa shape index (κ3) is 4.60. The minimum Gasteiger partial charge on any atom is -0.370 e. The molecule has 1 aromatic carbocycles. The number of aliphatic imine (C=N–C) groups is 1. The summed E-state index contributed by atoms with van der Waals surface area (Å²) in [6, 6.07) is 13.8. The highest BCUT2D eigenvalue weighted by molar-refractivity contribution is 14.0. The van der Waals surface area contributed by atoms with Crippen molar-refractivity contribution in [3.05, 3.63) is 59.2 Å². The summed E-state index contributed by atoms with van der Waals surface area (Å²) in [5.74, 6) is 1.11. The number of anilines is 1. The van der Waals surface area contributed by atoms with Gasteiger partial charge in [-0.3, -0.25) is 4.99 Å². The molecule has 4 nitrogen and oxygen atoms in total. The number of rotatable bonds is 4. The predicted molar refractivity (Wildman–Crippen MR) is 111 cm³/mol. The summed E-state index contributed by atoms with van der Waals surface area (Å²) in [6.45, 7) is 0.666. The van der Waals surface area contributed by atoms with Gasteiger partial charge in [0.05, 0.1) is 6.54 Å². The van der Waals surface area contributed by atoms with Gasteiger partial charge in [0.2, 0.25) is 0 Å². The fraction of sp³-hybridized carbons (Fsp3) is 0.333. The topological polar surface area (TPSA) is 63.3 Å². The Morgan fingerprint density at radius 3 is 2.67 bits per heavy atom. The molecule has 3 N–H and O–H groups in total. The van der Waals surface area contributed by atoms with Crippen LogP contribution in [0.4, 0.5) is 5.82 Å². The van der Waals surface area contributed by atoms with Crippen LogP contribution in [0.2, 0.25) is 5.02 Å².